The summed E-state index contributed by atoms with van der Waals surface area (Å²) in [6.45, 7) is 3.66. The number of rotatable bonds is 8. The molecule has 0 fully saturated rings. The second-order valence-corrected chi connectivity index (χ2v) is 7.23. The molecule has 0 aliphatic rings. The zero-order valence-electron chi connectivity index (χ0n) is 12.2. The monoisotopic (exact) mass is 335 g/mol. The molecule has 0 bridgehead atoms. The van der Waals surface area contributed by atoms with Crippen LogP contribution in [0.15, 0.2) is 33.2 Å². The minimum atomic E-state index is 0.733. The van der Waals surface area contributed by atoms with Gasteiger partial charge in [0.05, 0.1) is 6.54 Å². The maximum Gasteiger partial charge on any atom is 0.174 e. The number of aromatic nitrogens is 4. The SMILES string of the molecule is Cc1nnc(SCCCNCc2ccc(-c3ccn[nH]3)o2)s1. The zero-order valence-corrected chi connectivity index (χ0v) is 13.8. The summed E-state index contributed by atoms with van der Waals surface area (Å²) in [5.41, 5.74) is 0.898. The van der Waals surface area contributed by atoms with E-state index in [0.717, 1.165) is 51.8 Å². The molecule has 0 unspecified atom stereocenters. The minimum Gasteiger partial charge on any atom is -0.458 e. The number of H-pyrrole nitrogens is 1. The van der Waals surface area contributed by atoms with Crippen LogP contribution >= 0.6 is 23.1 Å². The van der Waals surface area contributed by atoms with E-state index in [1.165, 1.54) is 0 Å². The fourth-order valence-corrected chi connectivity index (χ4v) is 3.74. The van der Waals surface area contributed by atoms with Gasteiger partial charge in [-0.15, -0.1) is 10.2 Å². The van der Waals surface area contributed by atoms with Gasteiger partial charge in [-0.1, -0.05) is 23.1 Å². The molecule has 3 heterocycles. The van der Waals surface area contributed by atoms with E-state index >= 15 is 0 Å². The fraction of sp³-hybridized carbons (Fsp3) is 0.357. The van der Waals surface area contributed by atoms with Crippen molar-refractivity contribution in [3.8, 4) is 11.5 Å². The maximum absolute atomic E-state index is 5.75. The summed E-state index contributed by atoms with van der Waals surface area (Å²) >= 11 is 3.41. The Morgan fingerprint density at radius 3 is 3.05 bits per heavy atom. The number of hydrogen-bond acceptors (Lipinski definition) is 7. The summed E-state index contributed by atoms with van der Waals surface area (Å²) in [6.07, 6.45) is 2.80. The largest absolute Gasteiger partial charge is 0.458 e. The Morgan fingerprint density at radius 2 is 2.27 bits per heavy atom. The van der Waals surface area contributed by atoms with Crippen molar-refractivity contribution >= 4 is 23.1 Å². The third kappa shape index (κ3) is 4.19. The van der Waals surface area contributed by atoms with E-state index in [9.17, 15) is 0 Å². The lowest BCUT2D eigenvalue weighted by Gasteiger charge is -2.01. The standard InChI is InChI=1S/C14H17N5OS2/c1-10-17-19-14(22-10)21-8-2-6-15-9-11-3-4-13(20-11)12-5-7-16-18-12/h3-5,7,15H,2,6,8-9H2,1H3,(H,16,18). The van der Waals surface area contributed by atoms with Gasteiger partial charge in [0.2, 0.25) is 0 Å². The summed E-state index contributed by atoms with van der Waals surface area (Å²) in [7, 11) is 0. The highest BCUT2D eigenvalue weighted by atomic mass is 32.2. The number of aryl methyl sites for hydroxylation is 1. The Labute approximate surface area is 136 Å². The van der Waals surface area contributed by atoms with Crippen LogP contribution < -0.4 is 5.32 Å². The van der Waals surface area contributed by atoms with Gasteiger partial charge in [0, 0.05) is 11.9 Å². The van der Waals surface area contributed by atoms with Gasteiger partial charge in [-0.2, -0.15) is 5.10 Å². The quantitative estimate of drug-likeness (QED) is 0.486. The van der Waals surface area contributed by atoms with Gasteiger partial charge in [-0.25, -0.2) is 0 Å². The molecule has 8 heteroatoms. The average Bonchev–Trinajstić information content (AvgIpc) is 3.24. The molecule has 0 aliphatic carbocycles. The Hall–Kier alpha value is -1.64. The summed E-state index contributed by atoms with van der Waals surface area (Å²) in [5.74, 6) is 2.78. The lowest BCUT2D eigenvalue weighted by molar-refractivity contribution is 0.492. The molecule has 116 valence electrons. The van der Waals surface area contributed by atoms with Crippen LogP contribution in [-0.4, -0.2) is 32.7 Å². The molecule has 0 radical (unpaired) electrons. The first-order valence-electron chi connectivity index (χ1n) is 7.03. The van der Waals surface area contributed by atoms with Crippen molar-refractivity contribution in [2.75, 3.05) is 12.3 Å². The molecule has 6 nitrogen and oxygen atoms in total. The van der Waals surface area contributed by atoms with Crippen LogP contribution in [0.5, 0.6) is 0 Å². The van der Waals surface area contributed by atoms with Crippen LogP contribution in [0, 0.1) is 6.92 Å². The first-order chi connectivity index (χ1) is 10.8. The predicted molar refractivity (Wildman–Crippen MR) is 88.0 cm³/mol. The van der Waals surface area contributed by atoms with Crippen molar-refractivity contribution in [1.29, 1.82) is 0 Å². The zero-order chi connectivity index (χ0) is 15.2. The smallest absolute Gasteiger partial charge is 0.174 e. The summed E-state index contributed by atoms with van der Waals surface area (Å²) in [6, 6.07) is 5.84. The second kappa shape index (κ2) is 7.57. The average molecular weight is 335 g/mol. The molecule has 2 N–H and O–H groups in total. The number of thioether (sulfide) groups is 1. The van der Waals surface area contributed by atoms with Gasteiger partial charge in [0.25, 0.3) is 0 Å². The Balaban J connectivity index is 1.33. The van der Waals surface area contributed by atoms with Crippen molar-refractivity contribution in [2.45, 2.75) is 24.2 Å². The molecule has 0 saturated carbocycles. The molecule has 0 atom stereocenters. The van der Waals surface area contributed by atoms with E-state index in [1.807, 2.05) is 25.1 Å². The number of nitrogens with zero attached hydrogens (tertiary/aromatic N) is 3. The molecule has 0 aromatic carbocycles. The van der Waals surface area contributed by atoms with E-state index in [4.69, 9.17) is 4.42 Å². The fourth-order valence-electron chi connectivity index (χ4n) is 1.92. The molecule has 0 saturated heterocycles. The van der Waals surface area contributed by atoms with E-state index in [2.05, 4.69) is 25.7 Å². The Bertz CT molecular complexity index is 692. The number of aromatic amines is 1. The number of nitrogens with one attached hydrogen (secondary N) is 2. The van der Waals surface area contributed by atoms with Crippen molar-refractivity contribution < 1.29 is 4.42 Å². The van der Waals surface area contributed by atoms with Crippen LogP contribution in [0.1, 0.15) is 17.2 Å². The number of hydrogen-bond donors (Lipinski definition) is 2. The van der Waals surface area contributed by atoms with E-state index in [1.54, 1.807) is 29.3 Å². The first-order valence-corrected chi connectivity index (χ1v) is 8.83. The van der Waals surface area contributed by atoms with Gasteiger partial charge in [-0.05, 0) is 38.1 Å². The van der Waals surface area contributed by atoms with Crippen molar-refractivity contribution in [3.05, 3.63) is 35.2 Å². The highest BCUT2D eigenvalue weighted by molar-refractivity contribution is 8.01. The first kappa shape index (κ1) is 15.3. The second-order valence-electron chi connectivity index (χ2n) is 4.70. The highest BCUT2D eigenvalue weighted by Gasteiger charge is 2.05. The highest BCUT2D eigenvalue weighted by Crippen LogP contribution is 2.22. The molecule has 0 amide bonds. The Kier molecular flexibility index (Phi) is 5.25. The molecule has 0 spiro atoms. The normalized spacial score (nSPS) is 11.1. The van der Waals surface area contributed by atoms with Crippen molar-refractivity contribution in [3.63, 3.8) is 0 Å². The molecular formula is C14H17N5OS2. The van der Waals surface area contributed by atoms with E-state index in [-0.39, 0.29) is 0 Å². The molecular weight excluding hydrogens is 318 g/mol. The summed E-state index contributed by atoms with van der Waals surface area (Å²) in [5, 5.41) is 19.3. The van der Waals surface area contributed by atoms with Gasteiger partial charge in [0.15, 0.2) is 10.1 Å². The van der Waals surface area contributed by atoms with E-state index in [0.29, 0.717) is 0 Å². The van der Waals surface area contributed by atoms with E-state index < -0.39 is 0 Å². The van der Waals surface area contributed by atoms with Gasteiger partial charge in [-0.3, -0.25) is 5.10 Å². The van der Waals surface area contributed by atoms with Crippen molar-refractivity contribution in [2.24, 2.45) is 0 Å². The summed E-state index contributed by atoms with van der Waals surface area (Å²) < 4.78 is 6.80. The molecule has 0 aliphatic heterocycles. The topological polar surface area (TPSA) is 79.6 Å². The maximum atomic E-state index is 5.75. The lowest BCUT2D eigenvalue weighted by atomic mass is 10.3. The molecule has 3 aromatic rings. The van der Waals surface area contributed by atoms with Crippen molar-refractivity contribution in [1.82, 2.24) is 25.7 Å². The van der Waals surface area contributed by atoms with Crippen LogP contribution in [0.4, 0.5) is 0 Å². The minimum absolute atomic E-state index is 0.733. The van der Waals surface area contributed by atoms with Crippen LogP contribution in [0.3, 0.4) is 0 Å². The Morgan fingerprint density at radius 1 is 1.32 bits per heavy atom. The van der Waals surface area contributed by atoms with Gasteiger partial charge < -0.3 is 9.73 Å². The third-order valence-electron chi connectivity index (χ3n) is 2.96. The molecule has 22 heavy (non-hydrogen) atoms. The third-order valence-corrected chi connectivity index (χ3v) is 5.02. The van der Waals surface area contributed by atoms with Crippen LogP contribution in [0.2, 0.25) is 0 Å². The summed E-state index contributed by atoms with van der Waals surface area (Å²) in [4.78, 5) is 0. The van der Waals surface area contributed by atoms with Gasteiger partial charge >= 0.3 is 0 Å². The lowest BCUT2D eigenvalue weighted by Crippen LogP contribution is -2.14. The molecule has 3 rings (SSSR count). The van der Waals surface area contributed by atoms with Crippen LogP contribution in [0.25, 0.3) is 11.5 Å². The predicted octanol–water partition coefficient (Wildman–Crippen LogP) is 3.10. The number of furan rings is 1. The van der Waals surface area contributed by atoms with Crippen LogP contribution in [-0.2, 0) is 6.54 Å². The van der Waals surface area contributed by atoms with Gasteiger partial charge in [0.1, 0.15) is 16.5 Å². The molecule has 3 aromatic heterocycles.